The zero-order valence-corrected chi connectivity index (χ0v) is 9.84. The number of nitrogens with zero attached hydrogens (tertiary/aromatic N) is 1. The summed E-state index contributed by atoms with van der Waals surface area (Å²) in [6.07, 6.45) is 4.73. The topological polar surface area (TPSA) is 12.9 Å². The first-order valence-corrected chi connectivity index (χ1v) is 6.81. The molecule has 12 heavy (non-hydrogen) atoms. The molecule has 0 radical (unpaired) electrons. The molecule has 0 bridgehead atoms. The molecule has 1 aliphatic rings. The number of hydrogen-bond donors (Lipinski definition) is 0. The highest BCUT2D eigenvalue weighted by Crippen LogP contribution is 2.35. The molecule has 1 unspecified atom stereocenters. The van der Waals surface area contributed by atoms with E-state index in [1.54, 1.807) is 11.3 Å². The smallest absolute Gasteiger partial charge is 0.159 e. The van der Waals surface area contributed by atoms with Gasteiger partial charge in [-0.25, -0.2) is 4.98 Å². The van der Waals surface area contributed by atoms with Crippen LogP contribution in [0.4, 0.5) is 0 Å². The normalized spacial score (nSPS) is 24.2. The van der Waals surface area contributed by atoms with E-state index in [0.717, 1.165) is 9.83 Å². The minimum Gasteiger partial charge on any atom is -0.237 e. The molecule has 1 aromatic heterocycles. The maximum atomic E-state index is 4.22. The molecule has 1 saturated heterocycles. The van der Waals surface area contributed by atoms with Gasteiger partial charge in [-0.3, -0.25) is 0 Å². The summed E-state index contributed by atoms with van der Waals surface area (Å²) in [6, 6.07) is 0. The summed E-state index contributed by atoms with van der Waals surface area (Å²) < 4.78 is 1.02. The van der Waals surface area contributed by atoms with Crippen molar-refractivity contribution < 1.29 is 0 Å². The second-order valence-corrected chi connectivity index (χ2v) is 6.42. The molecule has 2 heterocycles. The van der Waals surface area contributed by atoms with Crippen LogP contribution in [0.25, 0.3) is 0 Å². The Morgan fingerprint density at radius 3 is 3.08 bits per heavy atom. The molecule has 66 valence electrons. The number of aromatic nitrogens is 1. The van der Waals surface area contributed by atoms with Crippen molar-refractivity contribution in [1.82, 2.24) is 4.98 Å². The van der Waals surface area contributed by atoms with E-state index >= 15 is 0 Å². The number of thioether (sulfide) groups is 1. The highest BCUT2D eigenvalue weighted by molar-refractivity contribution is 9.11. The molecule has 1 fully saturated rings. The Balaban J connectivity index is 2.08. The van der Waals surface area contributed by atoms with Crippen molar-refractivity contribution >= 4 is 39.0 Å². The fourth-order valence-corrected chi connectivity index (χ4v) is 4.13. The van der Waals surface area contributed by atoms with Crippen LogP contribution in [0.2, 0.25) is 0 Å². The summed E-state index contributed by atoms with van der Waals surface area (Å²) in [5.74, 6) is 3.40. The number of hydrogen-bond acceptors (Lipinski definition) is 3. The van der Waals surface area contributed by atoms with E-state index in [4.69, 9.17) is 0 Å². The van der Waals surface area contributed by atoms with Crippen molar-refractivity contribution in [3.05, 3.63) is 15.0 Å². The van der Waals surface area contributed by atoms with E-state index in [0.29, 0.717) is 0 Å². The summed E-state index contributed by atoms with van der Waals surface area (Å²) in [7, 11) is 0. The molecule has 0 aromatic carbocycles. The lowest BCUT2D eigenvalue weighted by Crippen LogP contribution is -2.06. The summed E-state index contributed by atoms with van der Waals surface area (Å²) in [4.78, 5) is 5.67. The molecule has 4 heteroatoms. The fraction of sp³-hybridized carbons (Fsp3) is 0.625. The molecule has 0 spiro atoms. The first-order chi connectivity index (χ1) is 5.86. The molecule has 1 atom stereocenters. The predicted molar refractivity (Wildman–Crippen MR) is 59.1 cm³/mol. The van der Waals surface area contributed by atoms with Crippen LogP contribution in [0.5, 0.6) is 0 Å². The van der Waals surface area contributed by atoms with Crippen molar-refractivity contribution in [1.29, 1.82) is 0 Å². The van der Waals surface area contributed by atoms with Crippen LogP contribution < -0.4 is 0 Å². The SMILES string of the molecule is Brc1ncc(C2CCCSC2)s1. The predicted octanol–water partition coefficient (Wildman–Crippen LogP) is 3.52. The quantitative estimate of drug-likeness (QED) is 0.769. The van der Waals surface area contributed by atoms with Gasteiger partial charge in [-0.15, -0.1) is 11.3 Å². The molecular formula is C8H10BrNS2. The van der Waals surface area contributed by atoms with E-state index in [1.807, 2.05) is 6.20 Å². The van der Waals surface area contributed by atoms with Gasteiger partial charge in [0, 0.05) is 22.7 Å². The number of halogens is 1. The lowest BCUT2D eigenvalue weighted by Gasteiger charge is -2.19. The maximum Gasteiger partial charge on any atom is 0.159 e. The van der Waals surface area contributed by atoms with Crippen LogP contribution in [-0.2, 0) is 0 Å². The Morgan fingerprint density at radius 2 is 2.50 bits per heavy atom. The van der Waals surface area contributed by atoms with E-state index in [-0.39, 0.29) is 0 Å². The van der Waals surface area contributed by atoms with Crippen LogP contribution in [0, 0.1) is 0 Å². The van der Waals surface area contributed by atoms with E-state index < -0.39 is 0 Å². The van der Waals surface area contributed by atoms with Gasteiger partial charge in [-0.2, -0.15) is 11.8 Å². The van der Waals surface area contributed by atoms with Gasteiger partial charge in [0.15, 0.2) is 3.92 Å². The average Bonchev–Trinajstić information content (AvgIpc) is 2.54. The van der Waals surface area contributed by atoms with Gasteiger partial charge in [0.2, 0.25) is 0 Å². The number of thiazole rings is 1. The standard InChI is InChI=1S/C8H10BrNS2/c9-8-10-4-7(12-8)6-2-1-3-11-5-6/h4,6H,1-3,5H2. The van der Waals surface area contributed by atoms with Gasteiger partial charge >= 0.3 is 0 Å². The van der Waals surface area contributed by atoms with Crippen molar-refractivity contribution in [2.45, 2.75) is 18.8 Å². The summed E-state index contributed by atoms with van der Waals surface area (Å²) >= 11 is 7.26. The molecule has 1 aliphatic heterocycles. The van der Waals surface area contributed by atoms with Crippen LogP contribution >= 0.6 is 39.0 Å². The molecule has 0 saturated carbocycles. The fourth-order valence-electron chi connectivity index (χ4n) is 1.42. The molecule has 0 amide bonds. The Labute approximate surface area is 89.1 Å². The first-order valence-electron chi connectivity index (χ1n) is 4.05. The van der Waals surface area contributed by atoms with E-state index in [9.17, 15) is 0 Å². The van der Waals surface area contributed by atoms with Crippen molar-refractivity contribution in [2.75, 3.05) is 11.5 Å². The van der Waals surface area contributed by atoms with Crippen molar-refractivity contribution in [3.8, 4) is 0 Å². The van der Waals surface area contributed by atoms with Crippen LogP contribution in [-0.4, -0.2) is 16.5 Å². The molecule has 0 aliphatic carbocycles. The summed E-state index contributed by atoms with van der Waals surface area (Å²) in [6.45, 7) is 0. The number of rotatable bonds is 1. The highest BCUT2D eigenvalue weighted by Gasteiger charge is 2.17. The van der Waals surface area contributed by atoms with Gasteiger partial charge < -0.3 is 0 Å². The third-order valence-electron chi connectivity index (χ3n) is 2.06. The second-order valence-electron chi connectivity index (χ2n) is 2.93. The van der Waals surface area contributed by atoms with Crippen LogP contribution in [0.3, 0.4) is 0 Å². The van der Waals surface area contributed by atoms with E-state index in [1.165, 1.54) is 29.2 Å². The molecular weight excluding hydrogens is 254 g/mol. The third-order valence-corrected chi connectivity index (χ3v) is 4.91. The van der Waals surface area contributed by atoms with Gasteiger partial charge in [0.1, 0.15) is 0 Å². The van der Waals surface area contributed by atoms with Crippen LogP contribution in [0.1, 0.15) is 23.6 Å². The second kappa shape index (κ2) is 4.11. The Bertz CT molecular complexity index is 255. The Kier molecular flexibility index (Phi) is 3.10. The van der Waals surface area contributed by atoms with Crippen molar-refractivity contribution in [2.24, 2.45) is 0 Å². The molecule has 1 aromatic rings. The average molecular weight is 264 g/mol. The molecule has 2 rings (SSSR count). The third kappa shape index (κ3) is 2.03. The van der Waals surface area contributed by atoms with Crippen LogP contribution in [0.15, 0.2) is 10.1 Å². The van der Waals surface area contributed by atoms with E-state index in [2.05, 4.69) is 32.7 Å². The highest BCUT2D eigenvalue weighted by atomic mass is 79.9. The monoisotopic (exact) mass is 263 g/mol. The largest absolute Gasteiger partial charge is 0.237 e. The van der Waals surface area contributed by atoms with Gasteiger partial charge in [0.05, 0.1) is 0 Å². The summed E-state index contributed by atoms with van der Waals surface area (Å²) in [5.41, 5.74) is 0. The maximum absolute atomic E-state index is 4.22. The molecule has 0 N–H and O–H groups in total. The Morgan fingerprint density at radius 1 is 1.58 bits per heavy atom. The Hall–Kier alpha value is 0.460. The first kappa shape index (κ1) is 9.03. The summed E-state index contributed by atoms with van der Waals surface area (Å²) in [5, 5.41) is 0. The minimum absolute atomic E-state index is 0.771. The molecule has 1 nitrogen and oxygen atoms in total. The minimum atomic E-state index is 0.771. The van der Waals surface area contributed by atoms with Gasteiger partial charge in [-0.1, -0.05) is 0 Å². The zero-order valence-electron chi connectivity index (χ0n) is 6.62. The van der Waals surface area contributed by atoms with Crippen molar-refractivity contribution in [3.63, 3.8) is 0 Å². The van der Waals surface area contributed by atoms with Gasteiger partial charge in [0.25, 0.3) is 0 Å². The van der Waals surface area contributed by atoms with Gasteiger partial charge in [-0.05, 0) is 34.5 Å². The lowest BCUT2D eigenvalue weighted by molar-refractivity contribution is 0.669. The zero-order chi connectivity index (χ0) is 8.39. The lowest BCUT2D eigenvalue weighted by atomic mass is 10.0.